The third kappa shape index (κ3) is 9.79. The number of nitrogens with one attached hydrogen (secondary N) is 2. The number of benzene rings is 1. The van der Waals surface area contributed by atoms with E-state index >= 15 is 0 Å². The molecule has 3 N–H and O–H groups in total. The van der Waals surface area contributed by atoms with E-state index in [-0.39, 0.29) is 56.4 Å². The van der Waals surface area contributed by atoms with Crippen molar-refractivity contribution in [3.05, 3.63) is 58.2 Å². The summed E-state index contributed by atoms with van der Waals surface area (Å²) >= 11 is 1.36. The van der Waals surface area contributed by atoms with Crippen LogP contribution in [0.1, 0.15) is 89.6 Å². The minimum Gasteiger partial charge on any atom is -0.462 e. The van der Waals surface area contributed by atoms with Crippen LogP contribution >= 0.6 is 11.3 Å². The number of fused-ring (bicyclic) bond motifs is 6. The molecule has 0 unspecified atom stereocenters. The van der Waals surface area contributed by atoms with Gasteiger partial charge in [-0.1, -0.05) is 33.8 Å². The highest BCUT2D eigenvalue weighted by atomic mass is 32.1. The molecule has 8 rings (SSSR count). The zero-order valence-corrected chi connectivity index (χ0v) is 43.2. The quantitative estimate of drug-likeness (QED) is 0.184. The Hall–Kier alpha value is -5.47. The first-order chi connectivity index (χ1) is 33.2. The lowest BCUT2D eigenvalue weighted by atomic mass is 9.84. The molecule has 6 heterocycles. The molecule has 1 saturated carbocycles. The van der Waals surface area contributed by atoms with Gasteiger partial charge >= 0.3 is 12.0 Å². The lowest BCUT2D eigenvalue weighted by Gasteiger charge is -2.41. The Labute approximate surface area is 414 Å². The van der Waals surface area contributed by atoms with Crippen LogP contribution in [-0.2, 0) is 48.0 Å². The van der Waals surface area contributed by atoms with Gasteiger partial charge in [-0.15, -0.1) is 11.3 Å². The molecular formula is C51H70N10O8S. The van der Waals surface area contributed by atoms with Crippen molar-refractivity contribution in [2.45, 2.75) is 116 Å². The molecule has 0 radical (unpaired) electrons. The summed E-state index contributed by atoms with van der Waals surface area (Å²) < 4.78 is 14.1. The number of thiazole rings is 1. The van der Waals surface area contributed by atoms with Crippen LogP contribution in [0.25, 0.3) is 33.4 Å². The van der Waals surface area contributed by atoms with Crippen LogP contribution in [-0.4, -0.2) is 165 Å². The van der Waals surface area contributed by atoms with Gasteiger partial charge in [0.1, 0.15) is 17.6 Å². The number of hydrogen-bond acceptors (Lipinski definition) is 13. The molecule has 6 bridgehead atoms. The van der Waals surface area contributed by atoms with Gasteiger partial charge < -0.3 is 39.2 Å². The van der Waals surface area contributed by atoms with Gasteiger partial charge in [0.2, 0.25) is 17.5 Å². The Bertz CT molecular complexity index is 2630. The Kier molecular flexibility index (Phi) is 14.5. The predicted octanol–water partition coefficient (Wildman–Crippen LogP) is 4.84. The zero-order chi connectivity index (χ0) is 50.4. The number of urea groups is 1. The van der Waals surface area contributed by atoms with E-state index in [1.165, 1.54) is 21.2 Å². The summed E-state index contributed by atoms with van der Waals surface area (Å²) in [6, 6.07) is 7.73. The van der Waals surface area contributed by atoms with Gasteiger partial charge in [0.05, 0.1) is 34.8 Å². The second-order valence-corrected chi connectivity index (χ2v) is 21.7. The van der Waals surface area contributed by atoms with Gasteiger partial charge in [0.25, 0.3) is 5.91 Å². The number of aliphatic hydroxyl groups is 1. The molecule has 19 heteroatoms. The lowest BCUT2D eigenvalue weighted by Crippen LogP contribution is -2.67. The summed E-state index contributed by atoms with van der Waals surface area (Å²) in [6.07, 6.45) is 3.84. The first kappa shape index (κ1) is 50.9. The van der Waals surface area contributed by atoms with Gasteiger partial charge in [-0.25, -0.2) is 14.6 Å². The number of nitrogens with zero attached hydrogens (tertiary/aromatic N) is 8. The molecular weight excluding hydrogens is 913 g/mol. The fourth-order valence-electron chi connectivity index (χ4n) is 10.5. The van der Waals surface area contributed by atoms with Crippen LogP contribution in [0.3, 0.4) is 0 Å². The molecule has 18 nitrogen and oxygen atoms in total. The van der Waals surface area contributed by atoms with Gasteiger partial charge in [-0.2, -0.15) is 5.43 Å². The maximum Gasteiger partial charge on any atom is 0.355 e. The molecule has 378 valence electrons. The second kappa shape index (κ2) is 20.0. The average molecular weight is 983 g/mol. The molecule has 4 atom stereocenters. The number of esters is 1. The summed E-state index contributed by atoms with van der Waals surface area (Å²) in [5.41, 5.74) is 5.78. The maximum atomic E-state index is 14.7. The molecule has 0 spiro atoms. The molecule has 4 aromatic rings. The highest BCUT2D eigenvalue weighted by Gasteiger charge is 2.54. The van der Waals surface area contributed by atoms with Crippen LogP contribution in [0.2, 0.25) is 0 Å². The Balaban J connectivity index is 1.12. The monoisotopic (exact) mass is 983 g/mol. The third-order valence-electron chi connectivity index (χ3n) is 14.7. The summed E-state index contributed by atoms with van der Waals surface area (Å²) in [6.45, 7) is 14.0. The van der Waals surface area contributed by atoms with E-state index in [4.69, 9.17) is 19.4 Å². The van der Waals surface area contributed by atoms with Crippen molar-refractivity contribution in [1.82, 2.24) is 49.9 Å². The van der Waals surface area contributed by atoms with Gasteiger partial charge in [-0.3, -0.25) is 29.3 Å². The molecule has 5 amide bonds. The normalized spacial score (nSPS) is 22.4. The molecule has 2 saturated heterocycles. The summed E-state index contributed by atoms with van der Waals surface area (Å²) in [5, 5.41) is 19.6. The number of piperazine rings is 1. The van der Waals surface area contributed by atoms with Crippen molar-refractivity contribution in [2.75, 3.05) is 67.6 Å². The topological polar surface area (TPSA) is 195 Å². The third-order valence-corrected chi connectivity index (χ3v) is 15.6. The highest BCUT2D eigenvalue weighted by Crippen LogP contribution is 2.43. The van der Waals surface area contributed by atoms with E-state index in [9.17, 15) is 29.1 Å². The number of carbonyl (C=O) groups is 5. The number of aryl methyl sites for hydroxylation is 1. The summed E-state index contributed by atoms with van der Waals surface area (Å²) in [4.78, 5) is 87.6. The minimum atomic E-state index is -2.23. The lowest BCUT2D eigenvalue weighted by molar-refractivity contribution is -0.189. The smallest absolute Gasteiger partial charge is 0.355 e. The van der Waals surface area contributed by atoms with Crippen molar-refractivity contribution in [3.63, 3.8) is 0 Å². The highest BCUT2D eigenvalue weighted by molar-refractivity contribution is 7.10. The zero-order valence-electron chi connectivity index (χ0n) is 42.3. The number of amides is 5. The Morgan fingerprint density at radius 2 is 1.74 bits per heavy atom. The van der Waals surface area contributed by atoms with Crippen LogP contribution in [0, 0.1) is 11.3 Å². The number of aromatic nitrogens is 3. The van der Waals surface area contributed by atoms with E-state index in [1.807, 2.05) is 76.0 Å². The Morgan fingerprint density at radius 1 is 1.03 bits per heavy atom. The first-order valence-corrected chi connectivity index (χ1v) is 25.5. The molecule has 4 aliphatic rings. The van der Waals surface area contributed by atoms with Crippen molar-refractivity contribution in [3.8, 4) is 22.5 Å². The van der Waals surface area contributed by atoms with Crippen molar-refractivity contribution < 1.29 is 38.6 Å². The van der Waals surface area contributed by atoms with E-state index < -0.39 is 46.5 Å². The minimum absolute atomic E-state index is 0.0112. The molecule has 3 fully saturated rings. The summed E-state index contributed by atoms with van der Waals surface area (Å²) in [7, 11) is 7.10. The fraction of sp³-hybridized carbons (Fsp3) is 0.588. The number of methoxy groups -OCH3 is 1. The molecule has 3 aliphatic heterocycles. The second-order valence-electron chi connectivity index (χ2n) is 20.8. The first-order valence-electron chi connectivity index (χ1n) is 24.6. The number of hydrogen-bond donors (Lipinski definition) is 3. The molecule has 3 aromatic heterocycles. The van der Waals surface area contributed by atoms with Crippen molar-refractivity contribution in [1.29, 1.82) is 0 Å². The van der Waals surface area contributed by atoms with Crippen LogP contribution < -0.4 is 10.7 Å². The van der Waals surface area contributed by atoms with Gasteiger partial charge in [-0.05, 0) is 89.4 Å². The number of likely N-dealkylation sites (N-methyl/N-ethyl adjacent to an activating group) is 2. The van der Waals surface area contributed by atoms with Gasteiger partial charge in [0, 0.05) is 105 Å². The largest absolute Gasteiger partial charge is 0.462 e. The number of pyridine rings is 1. The number of cyclic esters (lactones) is 1. The number of rotatable bonds is 10. The number of ether oxygens (including phenoxy) is 2. The van der Waals surface area contributed by atoms with Crippen LogP contribution in [0.15, 0.2) is 41.9 Å². The van der Waals surface area contributed by atoms with Crippen molar-refractivity contribution in [2.24, 2.45) is 11.3 Å². The van der Waals surface area contributed by atoms with Crippen LogP contribution in [0.5, 0.6) is 0 Å². The summed E-state index contributed by atoms with van der Waals surface area (Å²) in [5.74, 6) is -2.32. The van der Waals surface area contributed by atoms with E-state index in [0.29, 0.717) is 49.8 Å². The van der Waals surface area contributed by atoms with E-state index in [0.717, 1.165) is 51.8 Å². The molecule has 70 heavy (non-hydrogen) atoms. The standard InChI is InChI=1S/C51H70N10O8S/c1-11-60-39-16-15-33-26-35(39)36(43(60)34-14-12-20-52-41(34)32(4)68-10)28-49(5,6)30-69-47(65)51(67)17-13-21-61(55-51)45(63)37(27-40-53-38(33)29-70-40)54-44(62)42(31(2)3)57(9)48(66)59-24-22-58(23-25-59)46(64)50(18-19-50)56(7)8/h12,14-16,20,26,29,31-32,37,42,55,67H,11,13,17-19,21-25,27-28,30H2,1-10H3,(H,54,62)/t32-,37-,42-,51-/m0/s1. The van der Waals surface area contributed by atoms with Crippen molar-refractivity contribution >= 4 is 52.0 Å². The van der Waals surface area contributed by atoms with E-state index in [2.05, 4.69) is 40.4 Å². The maximum absolute atomic E-state index is 14.7. The number of hydrazine groups is 1. The molecule has 1 aliphatic carbocycles. The van der Waals surface area contributed by atoms with Crippen LogP contribution in [0.4, 0.5) is 4.79 Å². The number of carbonyl (C=O) groups excluding carboxylic acids is 5. The fourth-order valence-corrected chi connectivity index (χ4v) is 11.3. The predicted molar refractivity (Wildman–Crippen MR) is 266 cm³/mol. The van der Waals surface area contributed by atoms with Gasteiger partial charge in [0.15, 0.2) is 0 Å². The average Bonchev–Trinajstić information content (AvgIpc) is 3.95. The Morgan fingerprint density at radius 3 is 2.40 bits per heavy atom. The SMILES string of the molecule is CCn1c(-c2cccnc2[C@H](C)OC)c2c3cc(ccc31)-c1csc(n1)C[C@H](NC(=O)[C@H](C(C)C)N(C)C(=O)N1CCN(C(=O)C3(N(C)C)CC3)CC1)C(=O)N1CCC[C@@](O)(N1)C(=O)OCC(C)(C)C2. The van der Waals surface area contributed by atoms with E-state index in [1.54, 1.807) is 25.3 Å². The molecule has 1 aromatic carbocycles.